The number of hydrogen-bond donors (Lipinski definition) is 4. The summed E-state index contributed by atoms with van der Waals surface area (Å²) >= 11 is -2.02. The highest BCUT2D eigenvalue weighted by atomic mass is 32.2. The molecule has 0 bridgehead atoms. The standard InChI is InChI=1S/C6H6O7S/c7-1-2(8)4(9)13-3(1)6(11)5(10)14(6)12/h3,5,7-8,10-11H/t3-,5?,6-,14?/m0/s1. The van der Waals surface area contributed by atoms with Gasteiger partial charge in [-0.05, 0) is 0 Å². The lowest BCUT2D eigenvalue weighted by atomic mass is 10.2. The molecule has 1 fully saturated rings. The van der Waals surface area contributed by atoms with Gasteiger partial charge in [-0.15, -0.1) is 0 Å². The van der Waals surface area contributed by atoms with Gasteiger partial charge in [-0.25, -0.2) is 4.79 Å². The van der Waals surface area contributed by atoms with Crippen molar-refractivity contribution in [3.8, 4) is 0 Å². The highest BCUT2D eigenvalue weighted by molar-refractivity contribution is 8.00. The van der Waals surface area contributed by atoms with Crippen molar-refractivity contribution >= 4 is 17.1 Å². The van der Waals surface area contributed by atoms with Gasteiger partial charge in [0.05, 0.1) is 0 Å². The van der Waals surface area contributed by atoms with E-state index in [-0.39, 0.29) is 0 Å². The zero-order valence-corrected chi connectivity index (χ0v) is 7.39. The molecule has 2 unspecified atom stereocenters. The topological polar surface area (TPSA) is 130 Å². The van der Waals surface area contributed by atoms with Gasteiger partial charge >= 0.3 is 10.9 Å². The van der Waals surface area contributed by atoms with E-state index in [0.717, 1.165) is 0 Å². The highest BCUT2D eigenvalue weighted by Gasteiger charge is 2.80. The summed E-state index contributed by atoms with van der Waals surface area (Å²) in [6.07, 6.45) is -1.66. The smallest absolute Gasteiger partial charge is 0.378 e. The Hall–Kier alpha value is -0.960. The van der Waals surface area contributed by atoms with Crippen LogP contribution in [0.2, 0.25) is 0 Å². The molecule has 0 aliphatic carbocycles. The number of hydrogen-bond acceptors (Lipinski definition) is 7. The number of aliphatic hydroxyl groups excluding tert-OH is 3. The number of rotatable bonds is 1. The Morgan fingerprint density at radius 2 is 2.00 bits per heavy atom. The van der Waals surface area contributed by atoms with Crippen LogP contribution in [0.25, 0.3) is 0 Å². The van der Waals surface area contributed by atoms with Crippen LogP contribution < -0.4 is 0 Å². The molecule has 2 heterocycles. The summed E-state index contributed by atoms with van der Waals surface area (Å²) < 4.78 is 15.2. The second kappa shape index (κ2) is 2.54. The Labute approximate surface area is 80.4 Å². The van der Waals surface area contributed by atoms with Gasteiger partial charge in [0, 0.05) is 11.2 Å². The van der Waals surface area contributed by atoms with Gasteiger partial charge in [0.15, 0.2) is 5.76 Å². The highest BCUT2D eigenvalue weighted by Crippen LogP contribution is 2.48. The molecule has 0 aromatic carbocycles. The average Bonchev–Trinajstić information content (AvgIpc) is 2.50. The Morgan fingerprint density at radius 1 is 1.50 bits per heavy atom. The molecule has 4 N–H and O–H groups in total. The molecule has 4 atom stereocenters. The van der Waals surface area contributed by atoms with Gasteiger partial charge in [-0.2, -0.15) is 0 Å². The van der Waals surface area contributed by atoms with Crippen LogP contribution >= 0.6 is 0 Å². The molecule has 0 amide bonds. The Morgan fingerprint density at radius 3 is 2.29 bits per heavy atom. The molecule has 0 spiro atoms. The number of carbonyl (C=O) groups excluding carboxylic acids is 1. The average molecular weight is 222 g/mol. The summed E-state index contributed by atoms with van der Waals surface area (Å²) in [5.41, 5.74) is -1.59. The SMILES string of the molecule is O=C1O[C@H]([C@@]2(O)C(O)[S+]2[O-])C(O)=C1O. The second-order valence-corrected chi connectivity index (χ2v) is 4.62. The van der Waals surface area contributed by atoms with Crippen molar-refractivity contribution < 1.29 is 34.5 Å². The minimum Gasteiger partial charge on any atom is -0.611 e. The number of cyclic esters (lactones) is 1. The van der Waals surface area contributed by atoms with Crippen molar-refractivity contribution in [2.75, 3.05) is 0 Å². The number of aliphatic hydroxyl groups is 4. The molecule has 1 saturated heterocycles. The molecule has 8 heteroatoms. The van der Waals surface area contributed by atoms with Gasteiger partial charge in [-0.1, -0.05) is 0 Å². The molecule has 0 radical (unpaired) electrons. The van der Waals surface area contributed by atoms with Crippen LogP contribution in [-0.2, 0) is 20.7 Å². The Balaban J connectivity index is 2.28. The maximum absolute atomic E-state index is 10.9. The zero-order valence-electron chi connectivity index (χ0n) is 6.58. The summed E-state index contributed by atoms with van der Waals surface area (Å²) in [4.78, 5) is 8.50. The van der Waals surface area contributed by atoms with E-state index < -0.39 is 45.1 Å². The van der Waals surface area contributed by atoms with Crippen LogP contribution in [0.5, 0.6) is 0 Å². The minimum absolute atomic E-state index is 0.914. The Kier molecular flexibility index (Phi) is 1.74. The first kappa shape index (κ1) is 9.59. The van der Waals surface area contributed by atoms with Crippen LogP contribution in [0.1, 0.15) is 0 Å². The summed E-state index contributed by atoms with van der Waals surface area (Å²) in [5, 5.41) is 36.4. The van der Waals surface area contributed by atoms with Crippen molar-refractivity contribution in [1.29, 1.82) is 0 Å². The van der Waals surface area contributed by atoms with E-state index in [4.69, 9.17) is 15.3 Å². The third-order valence-electron chi connectivity index (χ3n) is 2.11. The van der Waals surface area contributed by atoms with Crippen LogP contribution in [0.15, 0.2) is 11.5 Å². The maximum Gasteiger partial charge on any atom is 0.378 e. The third kappa shape index (κ3) is 0.906. The van der Waals surface area contributed by atoms with E-state index in [0.29, 0.717) is 0 Å². The van der Waals surface area contributed by atoms with Crippen LogP contribution in [0.4, 0.5) is 0 Å². The van der Waals surface area contributed by atoms with E-state index in [9.17, 15) is 14.5 Å². The molecular weight excluding hydrogens is 216 g/mol. The predicted molar refractivity (Wildman–Crippen MR) is 41.3 cm³/mol. The first-order chi connectivity index (χ1) is 6.40. The van der Waals surface area contributed by atoms with Crippen molar-refractivity contribution in [2.24, 2.45) is 0 Å². The summed E-state index contributed by atoms with van der Waals surface area (Å²) in [7, 11) is 0. The first-order valence-corrected chi connectivity index (χ1v) is 4.76. The molecule has 2 aliphatic heterocycles. The van der Waals surface area contributed by atoms with E-state index >= 15 is 0 Å². The molecule has 14 heavy (non-hydrogen) atoms. The summed E-state index contributed by atoms with van der Waals surface area (Å²) in [6.45, 7) is 0. The molecule has 2 aliphatic rings. The molecular formula is C6H6O7S. The zero-order chi connectivity index (χ0) is 10.7. The third-order valence-corrected chi connectivity index (χ3v) is 3.70. The summed E-state index contributed by atoms with van der Waals surface area (Å²) in [6, 6.07) is 0. The van der Waals surface area contributed by atoms with E-state index in [2.05, 4.69) is 4.74 Å². The van der Waals surface area contributed by atoms with Crippen LogP contribution in [-0.4, -0.2) is 47.4 Å². The lowest BCUT2D eigenvalue weighted by molar-refractivity contribution is -0.148. The molecule has 0 saturated carbocycles. The number of carbonyl (C=O) groups is 1. The fourth-order valence-corrected chi connectivity index (χ4v) is 2.28. The lowest BCUT2D eigenvalue weighted by Gasteiger charge is -2.10. The maximum atomic E-state index is 10.9. The number of ether oxygens (including phenoxy) is 1. The monoisotopic (exact) mass is 222 g/mol. The van der Waals surface area contributed by atoms with Gasteiger partial charge in [-0.3, -0.25) is 0 Å². The lowest BCUT2D eigenvalue weighted by Crippen LogP contribution is -2.35. The molecule has 78 valence electrons. The molecule has 0 aromatic rings. The van der Waals surface area contributed by atoms with E-state index in [1.165, 1.54) is 0 Å². The molecule has 7 nitrogen and oxygen atoms in total. The fraction of sp³-hybridized carbons (Fsp3) is 0.500. The van der Waals surface area contributed by atoms with Crippen LogP contribution in [0, 0.1) is 0 Å². The van der Waals surface area contributed by atoms with Crippen molar-refractivity contribution in [2.45, 2.75) is 16.5 Å². The number of esters is 1. The normalized spacial score (nSPS) is 46.8. The summed E-state index contributed by atoms with van der Waals surface area (Å²) in [5.74, 6) is -3.18. The van der Waals surface area contributed by atoms with Crippen LogP contribution in [0.3, 0.4) is 0 Å². The predicted octanol–water partition coefficient (Wildman–Crippen LogP) is -1.99. The Bertz CT molecular complexity index is 329. The van der Waals surface area contributed by atoms with Crippen molar-refractivity contribution in [3.05, 3.63) is 11.5 Å². The fourth-order valence-electron chi connectivity index (χ4n) is 1.20. The van der Waals surface area contributed by atoms with E-state index in [1.54, 1.807) is 0 Å². The quantitative estimate of drug-likeness (QED) is 0.229. The molecule has 2 rings (SSSR count). The second-order valence-electron chi connectivity index (χ2n) is 2.92. The largest absolute Gasteiger partial charge is 0.611 e. The minimum atomic E-state index is -2.20. The first-order valence-electron chi connectivity index (χ1n) is 3.55. The van der Waals surface area contributed by atoms with Crippen molar-refractivity contribution in [1.82, 2.24) is 0 Å². The molecule has 0 aromatic heterocycles. The van der Waals surface area contributed by atoms with Gasteiger partial charge in [0.2, 0.25) is 11.9 Å². The van der Waals surface area contributed by atoms with Gasteiger partial charge < -0.3 is 29.7 Å². The van der Waals surface area contributed by atoms with Crippen molar-refractivity contribution in [3.63, 3.8) is 0 Å². The van der Waals surface area contributed by atoms with E-state index in [1.807, 2.05) is 0 Å². The van der Waals surface area contributed by atoms with Gasteiger partial charge in [0.1, 0.15) is 0 Å². The van der Waals surface area contributed by atoms with Gasteiger partial charge in [0.25, 0.3) is 5.44 Å².